The molecule has 0 aliphatic carbocycles. The second-order valence-corrected chi connectivity index (χ2v) is 9.25. The first-order valence-corrected chi connectivity index (χ1v) is 11.1. The van der Waals surface area contributed by atoms with E-state index in [2.05, 4.69) is 15.5 Å². The molecule has 0 unspecified atom stereocenters. The van der Waals surface area contributed by atoms with Crippen LogP contribution in [0.2, 0.25) is 5.02 Å². The molecule has 1 amide bonds. The van der Waals surface area contributed by atoms with Crippen molar-refractivity contribution in [2.75, 3.05) is 5.32 Å². The molecule has 0 bridgehead atoms. The Morgan fingerprint density at radius 2 is 2.00 bits per heavy atom. The lowest BCUT2D eigenvalue weighted by Gasteiger charge is -2.06. The molecule has 30 heavy (non-hydrogen) atoms. The molecule has 0 aliphatic heterocycles. The number of hydrogen-bond donors (Lipinski definition) is 1. The number of halogens is 1. The third-order valence-electron chi connectivity index (χ3n) is 4.32. The number of nitrogens with one attached hydrogen (secondary N) is 1. The summed E-state index contributed by atoms with van der Waals surface area (Å²) in [5.41, 5.74) is 2.90. The minimum atomic E-state index is -0.548. The molecule has 152 valence electrons. The van der Waals surface area contributed by atoms with Crippen molar-refractivity contribution in [2.24, 2.45) is 0 Å². The summed E-state index contributed by atoms with van der Waals surface area (Å²) in [7, 11) is 0. The monoisotopic (exact) mass is 457 g/mol. The summed E-state index contributed by atoms with van der Waals surface area (Å²) in [6.45, 7) is 3.75. The molecule has 0 spiro atoms. The van der Waals surface area contributed by atoms with E-state index in [1.807, 2.05) is 44.2 Å². The van der Waals surface area contributed by atoms with E-state index in [1.165, 1.54) is 29.2 Å². The molecule has 2 heterocycles. The molecule has 1 N–H and O–H groups in total. The van der Waals surface area contributed by atoms with E-state index in [-0.39, 0.29) is 11.2 Å². The highest BCUT2D eigenvalue weighted by atomic mass is 35.5. The number of rotatable bonds is 5. The van der Waals surface area contributed by atoms with Crippen LogP contribution in [-0.4, -0.2) is 16.1 Å². The highest BCUT2D eigenvalue weighted by Gasteiger charge is 2.16. The average Bonchev–Trinajstić information content (AvgIpc) is 3.15. The Bertz CT molecular complexity index is 1320. The average molecular weight is 458 g/mol. The van der Waals surface area contributed by atoms with Gasteiger partial charge in [-0.15, -0.1) is 10.2 Å². The number of benzene rings is 2. The van der Waals surface area contributed by atoms with Crippen LogP contribution in [0.4, 0.5) is 5.13 Å². The Kier molecular flexibility index (Phi) is 5.90. The van der Waals surface area contributed by atoms with Crippen molar-refractivity contribution in [3.8, 4) is 0 Å². The normalized spacial score (nSPS) is 11.0. The molecule has 0 saturated heterocycles. The minimum Gasteiger partial charge on any atom is -0.450 e. The van der Waals surface area contributed by atoms with Gasteiger partial charge < -0.3 is 4.42 Å². The highest BCUT2D eigenvalue weighted by molar-refractivity contribution is 8.00. The Morgan fingerprint density at radius 1 is 1.20 bits per heavy atom. The maximum atomic E-state index is 12.6. The molecule has 0 fully saturated rings. The first kappa shape index (κ1) is 20.6. The summed E-state index contributed by atoms with van der Waals surface area (Å²) in [4.78, 5) is 25.0. The van der Waals surface area contributed by atoms with Crippen LogP contribution >= 0.6 is 34.7 Å². The number of fused-ring (bicyclic) bond motifs is 1. The summed E-state index contributed by atoms with van der Waals surface area (Å²) in [5, 5.41) is 12.2. The van der Waals surface area contributed by atoms with Gasteiger partial charge in [0.15, 0.2) is 15.5 Å². The van der Waals surface area contributed by atoms with E-state index >= 15 is 0 Å². The lowest BCUT2D eigenvalue weighted by Crippen LogP contribution is -2.15. The van der Waals surface area contributed by atoms with Crippen LogP contribution in [0, 0.1) is 13.8 Å². The van der Waals surface area contributed by atoms with Crippen molar-refractivity contribution in [1.29, 1.82) is 0 Å². The Morgan fingerprint density at radius 3 is 2.80 bits per heavy atom. The van der Waals surface area contributed by atoms with Crippen LogP contribution in [-0.2, 0) is 5.75 Å². The summed E-state index contributed by atoms with van der Waals surface area (Å²) >= 11 is 8.88. The van der Waals surface area contributed by atoms with Gasteiger partial charge in [0.2, 0.25) is 5.13 Å². The van der Waals surface area contributed by atoms with Crippen LogP contribution < -0.4 is 10.7 Å². The first-order valence-electron chi connectivity index (χ1n) is 8.97. The number of amides is 1. The maximum Gasteiger partial charge on any atom is 0.293 e. The van der Waals surface area contributed by atoms with Crippen molar-refractivity contribution < 1.29 is 9.21 Å². The van der Waals surface area contributed by atoms with Gasteiger partial charge in [0, 0.05) is 16.8 Å². The van der Waals surface area contributed by atoms with Crippen molar-refractivity contribution >= 4 is 56.7 Å². The number of aryl methyl sites for hydroxylation is 2. The summed E-state index contributed by atoms with van der Waals surface area (Å²) < 4.78 is 6.40. The molecular weight excluding hydrogens is 442 g/mol. The highest BCUT2D eigenvalue weighted by Crippen LogP contribution is 2.30. The number of thioether (sulfide) groups is 1. The molecule has 2 aromatic heterocycles. The predicted molar refractivity (Wildman–Crippen MR) is 121 cm³/mol. The third kappa shape index (κ3) is 4.40. The number of aromatic nitrogens is 2. The fraction of sp³-hybridized carbons (Fsp3) is 0.143. The summed E-state index contributed by atoms with van der Waals surface area (Å²) in [6.07, 6.45) is 0. The zero-order valence-corrected chi connectivity index (χ0v) is 18.5. The smallest absolute Gasteiger partial charge is 0.293 e. The van der Waals surface area contributed by atoms with Crippen LogP contribution in [0.5, 0.6) is 0 Å². The topological polar surface area (TPSA) is 85.1 Å². The minimum absolute atomic E-state index is 0.0695. The lowest BCUT2D eigenvalue weighted by atomic mass is 10.1. The van der Waals surface area contributed by atoms with E-state index in [0.717, 1.165) is 16.7 Å². The van der Waals surface area contributed by atoms with Crippen LogP contribution in [0.3, 0.4) is 0 Å². The Balaban J connectivity index is 1.49. The Hall–Kier alpha value is -2.68. The van der Waals surface area contributed by atoms with Crippen LogP contribution in [0.15, 0.2) is 56.0 Å². The Labute approximate surface area is 185 Å². The van der Waals surface area contributed by atoms with E-state index in [4.69, 9.17) is 16.0 Å². The van der Waals surface area contributed by atoms with Crippen LogP contribution in [0.25, 0.3) is 11.0 Å². The molecule has 2 aromatic carbocycles. The fourth-order valence-corrected chi connectivity index (χ4v) is 4.99. The van der Waals surface area contributed by atoms with Crippen molar-refractivity contribution in [2.45, 2.75) is 23.9 Å². The summed E-state index contributed by atoms with van der Waals surface area (Å²) in [6, 6.07) is 12.4. The molecule has 4 rings (SSSR count). The molecule has 4 aromatic rings. The molecule has 9 heteroatoms. The maximum absolute atomic E-state index is 12.6. The van der Waals surface area contributed by atoms with E-state index in [1.54, 1.807) is 6.07 Å². The van der Waals surface area contributed by atoms with Crippen molar-refractivity contribution in [3.63, 3.8) is 0 Å². The van der Waals surface area contributed by atoms with E-state index in [9.17, 15) is 9.59 Å². The zero-order chi connectivity index (χ0) is 21.3. The second kappa shape index (κ2) is 8.59. The van der Waals surface area contributed by atoms with Gasteiger partial charge in [-0.1, -0.05) is 59.0 Å². The van der Waals surface area contributed by atoms with Gasteiger partial charge in [-0.3, -0.25) is 14.9 Å². The largest absolute Gasteiger partial charge is 0.450 e. The number of carbonyl (C=O) groups is 1. The number of nitrogens with zero attached hydrogens (tertiary/aromatic N) is 2. The fourth-order valence-electron chi connectivity index (χ4n) is 2.95. The predicted octanol–water partition coefficient (Wildman–Crippen LogP) is 5.46. The van der Waals surface area contributed by atoms with Gasteiger partial charge >= 0.3 is 0 Å². The molecule has 0 aliphatic rings. The number of anilines is 1. The standard InChI is InChI=1S/C21H16ClN3O3S2/c1-11-7-12(2)18-14(8-11)16(26)9-17(28-18)19(27)23-20-24-25-21(30-20)29-10-13-5-3-4-6-15(13)22/h3-9H,10H2,1-2H3,(H,23,24,27). The van der Waals surface area contributed by atoms with Crippen molar-refractivity contribution in [1.82, 2.24) is 10.2 Å². The third-order valence-corrected chi connectivity index (χ3v) is 6.71. The molecule has 0 atom stereocenters. The lowest BCUT2D eigenvalue weighted by molar-refractivity contribution is 0.0997. The molecular formula is C21H16ClN3O3S2. The molecule has 6 nitrogen and oxygen atoms in total. The van der Waals surface area contributed by atoms with Crippen LogP contribution in [0.1, 0.15) is 27.2 Å². The first-order chi connectivity index (χ1) is 14.4. The van der Waals surface area contributed by atoms with Gasteiger partial charge in [0.1, 0.15) is 5.58 Å². The van der Waals surface area contributed by atoms with E-state index in [0.29, 0.717) is 31.2 Å². The van der Waals surface area contributed by atoms with Gasteiger partial charge in [-0.2, -0.15) is 0 Å². The quantitative estimate of drug-likeness (QED) is 0.316. The van der Waals surface area contributed by atoms with Gasteiger partial charge in [-0.05, 0) is 42.7 Å². The second-order valence-electron chi connectivity index (χ2n) is 6.64. The van der Waals surface area contributed by atoms with Gasteiger partial charge in [0.05, 0.1) is 5.39 Å². The molecule has 0 radical (unpaired) electrons. The number of hydrogen-bond acceptors (Lipinski definition) is 7. The number of carbonyl (C=O) groups excluding carboxylic acids is 1. The van der Waals surface area contributed by atoms with Gasteiger partial charge in [0.25, 0.3) is 5.91 Å². The van der Waals surface area contributed by atoms with Gasteiger partial charge in [-0.25, -0.2) is 0 Å². The zero-order valence-electron chi connectivity index (χ0n) is 16.1. The van der Waals surface area contributed by atoms with Crippen molar-refractivity contribution in [3.05, 3.63) is 80.2 Å². The SMILES string of the molecule is Cc1cc(C)c2oc(C(=O)Nc3nnc(SCc4ccccc4Cl)s3)cc(=O)c2c1. The summed E-state index contributed by atoms with van der Waals surface area (Å²) in [5.74, 6) is 0.0215. The molecule has 0 saturated carbocycles. The van der Waals surface area contributed by atoms with E-state index < -0.39 is 5.91 Å².